The average molecular weight is 167 g/mol. The fourth-order valence-corrected chi connectivity index (χ4v) is 0.834. The van der Waals surface area contributed by atoms with Crippen LogP contribution in [0.4, 0.5) is 4.39 Å². The normalized spacial score (nSPS) is 19.6. The molecule has 1 unspecified atom stereocenters. The smallest absolute Gasteiger partial charge is 0.159 e. The van der Waals surface area contributed by atoms with E-state index in [0.29, 0.717) is 12.7 Å². The molecule has 0 saturated heterocycles. The molecule has 3 atom stereocenters. The molecular formula is C7H12ClFO. The van der Waals surface area contributed by atoms with E-state index in [-0.39, 0.29) is 11.3 Å². The van der Waals surface area contributed by atoms with Crippen LogP contribution in [0.5, 0.6) is 0 Å². The van der Waals surface area contributed by atoms with Crippen LogP contribution in [-0.4, -0.2) is 17.8 Å². The van der Waals surface area contributed by atoms with Crippen LogP contribution in [0.15, 0.2) is 0 Å². The molecule has 0 radical (unpaired) electrons. The van der Waals surface area contributed by atoms with Gasteiger partial charge in [0.25, 0.3) is 0 Å². The second-order valence-corrected chi connectivity index (χ2v) is 2.92. The van der Waals surface area contributed by atoms with Crippen LogP contribution in [0.1, 0.15) is 20.3 Å². The third-order valence-electron chi connectivity index (χ3n) is 1.59. The quantitative estimate of drug-likeness (QED) is 0.462. The third kappa shape index (κ3) is 2.65. The van der Waals surface area contributed by atoms with Gasteiger partial charge in [0.05, 0.1) is 0 Å². The Hall–Kier alpha value is -0.110. The van der Waals surface area contributed by atoms with Crippen molar-refractivity contribution in [2.24, 2.45) is 5.92 Å². The number of carbonyl (C=O) groups is 1. The van der Waals surface area contributed by atoms with Crippen molar-refractivity contribution in [2.45, 2.75) is 31.8 Å². The monoisotopic (exact) mass is 166 g/mol. The molecule has 0 aliphatic carbocycles. The molecule has 0 saturated carbocycles. The van der Waals surface area contributed by atoms with E-state index in [1.54, 1.807) is 6.92 Å². The highest BCUT2D eigenvalue weighted by atomic mass is 35.5. The Labute approximate surface area is 65.6 Å². The maximum atomic E-state index is 12.5. The molecule has 1 nitrogen and oxygen atoms in total. The topological polar surface area (TPSA) is 17.1 Å². The van der Waals surface area contributed by atoms with Crippen molar-refractivity contribution < 1.29 is 9.18 Å². The van der Waals surface area contributed by atoms with E-state index >= 15 is 0 Å². The highest BCUT2D eigenvalue weighted by Crippen LogP contribution is 2.18. The molecule has 0 N–H and O–H groups in total. The molecule has 0 aromatic heterocycles. The summed E-state index contributed by atoms with van der Waals surface area (Å²) in [5.74, 6) is -0.371. The van der Waals surface area contributed by atoms with Gasteiger partial charge in [-0.05, 0) is 6.42 Å². The largest absolute Gasteiger partial charge is 0.300 e. The highest BCUT2D eigenvalue weighted by molar-refractivity contribution is 6.20. The van der Waals surface area contributed by atoms with Gasteiger partial charge in [-0.3, -0.25) is 0 Å². The first-order valence-electron chi connectivity index (χ1n) is 3.36. The Balaban J connectivity index is 3.80. The van der Waals surface area contributed by atoms with Gasteiger partial charge in [0.2, 0.25) is 0 Å². The number of hydrogen-bond acceptors (Lipinski definition) is 1. The maximum Gasteiger partial charge on any atom is 0.159 e. The van der Waals surface area contributed by atoms with Gasteiger partial charge in [-0.15, -0.1) is 11.6 Å². The van der Waals surface area contributed by atoms with Crippen molar-refractivity contribution in [3.05, 3.63) is 0 Å². The second kappa shape index (κ2) is 4.67. The molecule has 60 valence electrons. The van der Waals surface area contributed by atoms with Crippen LogP contribution >= 0.6 is 11.6 Å². The lowest BCUT2D eigenvalue weighted by Crippen LogP contribution is -2.23. The first-order valence-corrected chi connectivity index (χ1v) is 3.80. The number of hydrogen-bond donors (Lipinski definition) is 0. The molecule has 0 aromatic rings. The Morgan fingerprint density at radius 3 is 2.50 bits per heavy atom. The lowest BCUT2D eigenvalue weighted by molar-refractivity contribution is -0.113. The van der Waals surface area contributed by atoms with Crippen molar-refractivity contribution in [3.63, 3.8) is 0 Å². The number of carbonyl (C=O) groups excluding carboxylic acids is 1. The van der Waals surface area contributed by atoms with Crippen LogP contribution in [0, 0.1) is 5.92 Å². The molecule has 3 heteroatoms. The minimum absolute atomic E-state index is 0.236. The van der Waals surface area contributed by atoms with Gasteiger partial charge >= 0.3 is 0 Å². The molecule has 0 heterocycles. The summed E-state index contributed by atoms with van der Waals surface area (Å²) < 4.78 is 12.5. The summed E-state index contributed by atoms with van der Waals surface area (Å²) in [6, 6.07) is 0. The predicted molar refractivity (Wildman–Crippen MR) is 40.1 cm³/mol. The second-order valence-electron chi connectivity index (χ2n) is 2.36. The van der Waals surface area contributed by atoms with Gasteiger partial charge in [-0.1, -0.05) is 13.8 Å². The van der Waals surface area contributed by atoms with E-state index in [9.17, 15) is 9.18 Å². The summed E-state index contributed by atoms with van der Waals surface area (Å²) in [6.07, 6.45) is -0.422. The van der Waals surface area contributed by atoms with E-state index in [1.165, 1.54) is 0 Å². The van der Waals surface area contributed by atoms with Crippen molar-refractivity contribution >= 4 is 17.9 Å². The third-order valence-corrected chi connectivity index (χ3v) is 2.30. The molecular weight excluding hydrogens is 155 g/mol. The molecule has 0 fully saturated rings. The van der Waals surface area contributed by atoms with Crippen molar-refractivity contribution in [2.75, 3.05) is 0 Å². The predicted octanol–water partition coefficient (Wildman–Crippen LogP) is 2.18. The molecule has 0 bridgehead atoms. The number of halogens is 2. The highest BCUT2D eigenvalue weighted by Gasteiger charge is 2.21. The summed E-state index contributed by atoms with van der Waals surface area (Å²) in [5, 5.41) is -0.236. The van der Waals surface area contributed by atoms with Crippen molar-refractivity contribution in [3.8, 4) is 0 Å². The fraction of sp³-hybridized carbons (Fsp3) is 0.857. The van der Waals surface area contributed by atoms with Gasteiger partial charge in [0.1, 0.15) is 0 Å². The van der Waals surface area contributed by atoms with Gasteiger partial charge in [-0.2, -0.15) is 0 Å². The standard InChI is InChI=1S/C7H12ClFO/c1-3-6(8)5(2)7(9)4-10/h4-7H,3H2,1-2H3/t5?,6-,7+/m0/s1. The summed E-state index contributed by atoms with van der Waals surface area (Å²) in [4.78, 5) is 9.93. The molecule has 0 aliphatic rings. The molecule has 0 aliphatic heterocycles. The molecule has 0 spiro atoms. The zero-order valence-corrected chi connectivity index (χ0v) is 6.94. The maximum absolute atomic E-state index is 12.5. The summed E-state index contributed by atoms with van der Waals surface area (Å²) in [7, 11) is 0. The molecule has 0 amide bonds. The lowest BCUT2D eigenvalue weighted by Gasteiger charge is -2.15. The first kappa shape index (κ1) is 9.89. The SMILES string of the molecule is CC[C@H](Cl)C(C)[C@H](F)C=O. The van der Waals surface area contributed by atoms with Crippen molar-refractivity contribution in [1.82, 2.24) is 0 Å². The fourth-order valence-electron chi connectivity index (χ4n) is 0.695. The van der Waals surface area contributed by atoms with Crippen molar-refractivity contribution in [1.29, 1.82) is 0 Å². The number of rotatable bonds is 4. The van der Waals surface area contributed by atoms with Crippen LogP contribution in [0.2, 0.25) is 0 Å². The zero-order valence-electron chi connectivity index (χ0n) is 6.18. The minimum Gasteiger partial charge on any atom is -0.300 e. The molecule has 0 aromatic carbocycles. The van der Waals surface area contributed by atoms with Gasteiger partial charge < -0.3 is 4.79 Å². The van der Waals surface area contributed by atoms with Crippen LogP contribution in [0.3, 0.4) is 0 Å². The van der Waals surface area contributed by atoms with E-state index < -0.39 is 6.17 Å². The van der Waals surface area contributed by atoms with E-state index in [1.807, 2.05) is 6.92 Å². The summed E-state index contributed by atoms with van der Waals surface area (Å²) in [5.41, 5.74) is 0. The number of alkyl halides is 2. The van der Waals surface area contributed by atoms with E-state index in [2.05, 4.69) is 0 Å². The zero-order chi connectivity index (χ0) is 8.15. The summed E-state index contributed by atoms with van der Waals surface area (Å²) in [6.45, 7) is 3.51. The van der Waals surface area contributed by atoms with Crippen LogP contribution in [0.25, 0.3) is 0 Å². The molecule has 10 heavy (non-hydrogen) atoms. The Morgan fingerprint density at radius 2 is 2.20 bits per heavy atom. The molecule has 0 rings (SSSR count). The number of aldehydes is 1. The van der Waals surface area contributed by atoms with Gasteiger partial charge in [-0.25, -0.2) is 4.39 Å². The summed E-state index contributed by atoms with van der Waals surface area (Å²) >= 11 is 5.69. The minimum atomic E-state index is -1.41. The first-order chi connectivity index (χ1) is 4.63. The van der Waals surface area contributed by atoms with Gasteiger partial charge in [0, 0.05) is 11.3 Å². The Morgan fingerprint density at radius 1 is 1.70 bits per heavy atom. The van der Waals surface area contributed by atoms with Crippen LogP contribution in [-0.2, 0) is 4.79 Å². The Kier molecular flexibility index (Phi) is 4.62. The average Bonchev–Trinajstić information content (AvgIpc) is 2.00. The van der Waals surface area contributed by atoms with E-state index in [4.69, 9.17) is 11.6 Å². The van der Waals surface area contributed by atoms with E-state index in [0.717, 1.165) is 0 Å². The Bertz CT molecular complexity index is 108. The lowest BCUT2D eigenvalue weighted by atomic mass is 10.0. The van der Waals surface area contributed by atoms with Crippen LogP contribution < -0.4 is 0 Å². The van der Waals surface area contributed by atoms with Gasteiger partial charge in [0.15, 0.2) is 12.5 Å².